The van der Waals surface area contributed by atoms with Crippen LogP contribution in [0.5, 0.6) is 0 Å². The number of anilines is 1. The van der Waals surface area contributed by atoms with Gasteiger partial charge >= 0.3 is 0 Å². The van der Waals surface area contributed by atoms with Gasteiger partial charge in [-0.15, -0.1) is 0 Å². The van der Waals surface area contributed by atoms with Crippen molar-refractivity contribution in [3.8, 4) is 0 Å². The zero-order chi connectivity index (χ0) is 30.9. The first-order valence-corrected chi connectivity index (χ1v) is 16.6. The second-order valence-corrected chi connectivity index (χ2v) is 14.2. The van der Waals surface area contributed by atoms with E-state index in [9.17, 15) is 43.9 Å². The Labute approximate surface area is 244 Å². The highest BCUT2D eigenvalue weighted by Gasteiger charge is 2.41. The Morgan fingerprint density at radius 1 is 0.605 bits per heavy atom. The lowest BCUT2D eigenvalue weighted by Gasteiger charge is -2.14. The molecule has 5 aromatic rings. The first-order valence-electron chi connectivity index (χ1n) is 12.3. The van der Waals surface area contributed by atoms with E-state index in [1.54, 1.807) is 36.4 Å². The van der Waals surface area contributed by atoms with Crippen molar-refractivity contribution >= 4 is 69.2 Å². The molecule has 0 fully saturated rings. The number of nitrogens with zero attached hydrogens (tertiary/aromatic N) is 1. The van der Waals surface area contributed by atoms with Gasteiger partial charge in [-0.1, -0.05) is 36.4 Å². The van der Waals surface area contributed by atoms with Gasteiger partial charge in [-0.25, -0.2) is 13.4 Å². The molecule has 0 saturated carbocycles. The number of fused-ring (bicyclic) bond motifs is 3. The first-order chi connectivity index (χ1) is 20.1. The largest absolute Gasteiger partial charge is 0.294 e. The molecule has 0 spiro atoms. The van der Waals surface area contributed by atoms with Crippen molar-refractivity contribution in [1.82, 2.24) is 4.98 Å². The minimum absolute atomic E-state index is 0.0313. The maximum absolute atomic E-state index is 13.4. The quantitative estimate of drug-likeness (QED) is 0.180. The maximum atomic E-state index is 13.4. The number of hydrogen-bond acceptors (Lipinski definition) is 9. The lowest BCUT2D eigenvalue weighted by atomic mass is 9.98. The van der Waals surface area contributed by atoms with Crippen molar-refractivity contribution in [2.45, 2.75) is 20.6 Å². The van der Waals surface area contributed by atoms with E-state index >= 15 is 0 Å². The number of nitrogens with one attached hydrogen (secondary N) is 1. The van der Waals surface area contributed by atoms with Crippen LogP contribution < -0.4 is 4.72 Å². The van der Waals surface area contributed by atoms with E-state index in [4.69, 9.17) is 0 Å². The second-order valence-electron chi connectivity index (χ2n) is 9.72. The molecular weight excluding hydrogens is 621 g/mol. The predicted molar refractivity (Wildman–Crippen MR) is 154 cm³/mol. The van der Waals surface area contributed by atoms with E-state index in [1.165, 1.54) is 12.1 Å². The molecule has 0 unspecified atom stereocenters. The third kappa shape index (κ3) is 5.06. The molecule has 0 saturated heterocycles. The second kappa shape index (κ2) is 9.75. The number of pyridine rings is 1. The van der Waals surface area contributed by atoms with Crippen LogP contribution in [0.25, 0.3) is 21.7 Å². The number of hydrogen-bond donors (Lipinski definition) is 3. The standard InChI is InChI=1S/C28H18N2O10S3/c31-27-21-11-15-4-1-2-5-16(15)12-22(21)28(32)25(27)23-9-8-17-10-20(43(38,39)40)14-24(26(17)29-23)30-41(33,34)18-6-3-7-19(13-18)42(35,36)37/h1-14,25,30H,(H,35,36,37)(H,38,39,40). The van der Waals surface area contributed by atoms with E-state index in [2.05, 4.69) is 9.71 Å². The van der Waals surface area contributed by atoms with Crippen LogP contribution in [-0.4, -0.2) is 50.9 Å². The van der Waals surface area contributed by atoms with Gasteiger partial charge in [0.1, 0.15) is 5.92 Å². The summed E-state index contributed by atoms with van der Waals surface area (Å²) in [7, 11) is -14.3. The minimum Gasteiger partial charge on any atom is -0.293 e. The molecule has 0 amide bonds. The van der Waals surface area contributed by atoms with Crippen LogP contribution in [0, 0.1) is 0 Å². The molecular formula is C28H18N2O10S3. The molecule has 6 rings (SSSR count). The highest BCUT2D eigenvalue weighted by atomic mass is 32.2. The van der Waals surface area contributed by atoms with Gasteiger partial charge in [0, 0.05) is 16.5 Å². The topological polar surface area (TPSA) is 202 Å². The third-order valence-electron chi connectivity index (χ3n) is 6.98. The number of carbonyl (C=O) groups is 2. The lowest BCUT2D eigenvalue weighted by molar-refractivity contribution is 0.0888. The number of benzene rings is 4. The summed E-state index contributed by atoms with van der Waals surface area (Å²) in [6.45, 7) is 0. The summed E-state index contributed by atoms with van der Waals surface area (Å²) in [6, 6.07) is 18.6. The minimum atomic E-state index is -4.85. The Balaban J connectivity index is 1.49. The van der Waals surface area contributed by atoms with Crippen molar-refractivity contribution in [3.05, 3.63) is 102 Å². The summed E-state index contributed by atoms with van der Waals surface area (Å²) in [5, 5.41) is 1.54. The number of Topliss-reactive ketones (excluding diaryl/α,β-unsaturated/α-hetero) is 2. The third-order valence-corrected chi connectivity index (χ3v) is 10.0. The summed E-state index contributed by atoms with van der Waals surface area (Å²) < 4.78 is 94.7. The molecule has 0 aliphatic heterocycles. The van der Waals surface area contributed by atoms with Crippen LogP contribution in [0.15, 0.2) is 99.6 Å². The normalized spacial score (nSPS) is 14.4. The number of aromatic nitrogens is 1. The lowest BCUT2D eigenvalue weighted by Crippen LogP contribution is -2.16. The van der Waals surface area contributed by atoms with Gasteiger partial charge in [0.15, 0.2) is 11.6 Å². The van der Waals surface area contributed by atoms with E-state index in [-0.39, 0.29) is 27.7 Å². The summed E-state index contributed by atoms with van der Waals surface area (Å²) in [5.41, 5.74) is -0.239. The van der Waals surface area contributed by atoms with Gasteiger partial charge in [0.05, 0.1) is 31.6 Å². The monoisotopic (exact) mass is 638 g/mol. The van der Waals surface area contributed by atoms with E-state index in [0.717, 1.165) is 41.1 Å². The maximum Gasteiger partial charge on any atom is 0.294 e. The summed E-state index contributed by atoms with van der Waals surface area (Å²) in [4.78, 5) is 29.2. The fourth-order valence-electron chi connectivity index (χ4n) is 4.96. The molecule has 12 nitrogen and oxygen atoms in total. The van der Waals surface area contributed by atoms with Crippen molar-refractivity contribution in [1.29, 1.82) is 0 Å². The number of rotatable bonds is 6. The van der Waals surface area contributed by atoms with Crippen LogP contribution in [0.2, 0.25) is 0 Å². The number of ketones is 2. The van der Waals surface area contributed by atoms with Crippen LogP contribution in [-0.2, 0) is 30.3 Å². The van der Waals surface area contributed by atoms with Gasteiger partial charge < -0.3 is 0 Å². The molecule has 4 aromatic carbocycles. The molecule has 1 heterocycles. The first kappa shape index (κ1) is 28.6. The van der Waals surface area contributed by atoms with Gasteiger partial charge in [0.25, 0.3) is 30.3 Å². The average Bonchev–Trinajstić information content (AvgIpc) is 3.19. The van der Waals surface area contributed by atoms with Gasteiger partial charge in [0.2, 0.25) is 0 Å². The Bertz CT molecular complexity index is 2330. The molecule has 3 N–H and O–H groups in total. The smallest absolute Gasteiger partial charge is 0.293 e. The molecule has 0 atom stereocenters. The molecule has 1 aliphatic rings. The Morgan fingerprint density at radius 3 is 1.77 bits per heavy atom. The van der Waals surface area contributed by atoms with Crippen LogP contribution >= 0.6 is 0 Å². The fraction of sp³-hybridized carbons (Fsp3) is 0.0357. The summed E-state index contributed by atoms with van der Waals surface area (Å²) in [5.74, 6) is -2.39. The van der Waals surface area contributed by atoms with Gasteiger partial charge in [-0.2, -0.15) is 16.8 Å². The van der Waals surface area contributed by atoms with Gasteiger partial charge in [-0.3, -0.25) is 23.4 Å². The summed E-state index contributed by atoms with van der Waals surface area (Å²) in [6.07, 6.45) is 0. The van der Waals surface area contributed by atoms with E-state index in [0.29, 0.717) is 6.07 Å². The van der Waals surface area contributed by atoms with Gasteiger partial charge in [-0.05, 0) is 59.3 Å². The number of carbonyl (C=O) groups excluding carboxylic acids is 2. The summed E-state index contributed by atoms with van der Waals surface area (Å²) >= 11 is 0. The van der Waals surface area contributed by atoms with Crippen molar-refractivity contribution in [2.24, 2.45) is 0 Å². The highest BCUT2D eigenvalue weighted by molar-refractivity contribution is 7.92. The Morgan fingerprint density at radius 2 is 1.19 bits per heavy atom. The van der Waals surface area contributed by atoms with Crippen LogP contribution in [0.4, 0.5) is 5.69 Å². The van der Waals surface area contributed by atoms with Crippen LogP contribution in [0.1, 0.15) is 32.3 Å². The van der Waals surface area contributed by atoms with Crippen molar-refractivity contribution < 1.29 is 43.9 Å². The average molecular weight is 639 g/mol. The van der Waals surface area contributed by atoms with Crippen molar-refractivity contribution in [3.63, 3.8) is 0 Å². The zero-order valence-electron chi connectivity index (χ0n) is 21.5. The van der Waals surface area contributed by atoms with E-state index in [1.807, 2.05) is 0 Å². The van der Waals surface area contributed by atoms with Crippen LogP contribution in [0.3, 0.4) is 0 Å². The molecule has 1 aliphatic carbocycles. The molecule has 218 valence electrons. The molecule has 0 bridgehead atoms. The fourth-order valence-corrected chi connectivity index (χ4v) is 7.21. The molecule has 1 aromatic heterocycles. The zero-order valence-corrected chi connectivity index (χ0v) is 23.9. The van der Waals surface area contributed by atoms with E-state index < -0.39 is 68.1 Å². The SMILES string of the molecule is O=C1c2cc3ccccc3cc2C(=O)C1c1ccc2cc(S(=O)(=O)O)cc(NS(=O)(=O)c3cccc(S(=O)(=O)O)c3)c2n1. The predicted octanol–water partition coefficient (Wildman–Crippen LogP) is 3.85. The Hall–Kier alpha value is -4.54. The number of sulfonamides is 1. The van der Waals surface area contributed by atoms with Crippen molar-refractivity contribution in [2.75, 3.05) is 4.72 Å². The highest BCUT2D eigenvalue weighted by Crippen LogP contribution is 2.37. The molecule has 15 heteroatoms. The molecule has 0 radical (unpaired) electrons. The Kier molecular flexibility index (Phi) is 6.48. The molecule has 43 heavy (non-hydrogen) atoms.